The van der Waals surface area contributed by atoms with Crippen LogP contribution < -0.4 is 10.2 Å². The lowest BCUT2D eigenvalue weighted by Gasteiger charge is -2.01. The minimum absolute atomic E-state index is 0.0761. The number of aliphatic hydroxyl groups excluding tert-OH is 2. The second-order valence-electron chi connectivity index (χ2n) is 3.85. The first-order valence-corrected chi connectivity index (χ1v) is 6.25. The quantitative estimate of drug-likeness (QED) is 0.295. The summed E-state index contributed by atoms with van der Waals surface area (Å²) in [5.41, 5.74) is 0. The Hall–Kier alpha value is -1.22. The summed E-state index contributed by atoms with van der Waals surface area (Å²) < 4.78 is 0. The first-order valence-electron chi connectivity index (χ1n) is 6.25. The molecule has 0 spiro atoms. The van der Waals surface area contributed by atoms with Crippen molar-refractivity contribution in [2.75, 3.05) is 0 Å². The van der Waals surface area contributed by atoms with Gasteiger partial charge in [0.15, 0.2) is 6.29 Å². The predicted molar refractivity (Wildman–Crippen MR) is 65.5 cm³/mol. The Kier molecular flexibility index (Phi) is 21.2. The number of carboxylic acids is 2. The van der Waals surface area contributed by atoms with Crippen molar-refractivity contribution in [3.05, 3.63) is 0 Å². The topological polar surface area (TPSA) is 161 Å². The number of aliphatic hydroxyl groups is 4. The highest BCUT2D eigenvalue weighted by Crippen LogP contribution is 1.96. The molecule has 0 aromatic heterocycles. The summed E-state index contributed by atoms with van der Waals surface area (Å²) in [4.78, 5) is 19.5. The molecule has 0 bridgehead atoms. The van der Waals surface area contributed by atoms with Gasteiger partial charge in [0.2, 0.25) is 0 Å². The molecule has 0 aromatic carbocycles. The molecular formula is C12H24O8-2. The van der Waals surface area contributed by atoms with Gasteiger partial charge in [0.25, 0.3) is 0 Å². The van der Waals surface area contributed by atoms with Crippen LogP contribution in [0.4, 0.5) is 0 Å². The van der Waals surface area contributed by atoms with Gasteiger partial charge in [-0.2, -0.15) is 0 Å². The van der Waals surface area contributed by atoms with Gasteiger partial charge in [0.1, 0.15) is 6.29 Å². The lowest BCUT2D eigenvalue weighted by Crippen LogP contribution is -2.23. The summed E-state index contributed by atoms with van der Waals surface area (Å²) in [6.07, 6.45) is -0.416. The molecule has 0 amide bonds. The van der Waals surface area contributed by atoms with Crippen LogP contribution in [0.1, 0.15) is 52.4 Å². The first kappa shape index (κ1) is 23.8. The largest absolute Gasteiger partial charge is 0.550 e. The predicted octanol–water partition coefficient (Wildman–Crippen LogP) is -2.54. The summed E-state index contributed by atoms with van der Waals surface area (Å²) in [5.74, 6) is -2.28. The fourth-order valence-corrected chi connectivity index (χ4v) is 0.797. The maximum Gasteiger partial charge on any atom is 0.151 e. The molecule has 0 atom stereocenters. The van der Waals surface area contributed by atoms with Crippen LogP contribution in [0.5, 0.6) is 0 Å². The summed E-state index contributed by atoms with van der Waals surface area (Å²) in [7, 11) is 0. The van der Waals surface area contributed by atoms with Crippen molar-refractivity contribution in [1.82, 2.24) is 0 Å². The van der Waals surface area contributed by atoms with Crippen LogP contribution in [0.3, 0.4) is 0 Å². The summed E-state index contributed by atoms with van der Waals surface area (Å²) in [6, 6.07) is 0. The molecule has 0 aromatic rings. The van der Waals surface area contributed by atoms with E-state index < -0.39 is 24.5 Å². The van der Waals surface area contributed by atoms with Gasteiger partial charge >= 0.3 is 0 Å². The second kappa shape index (κ2) is 17.8. The summed E-state index contributed by atoms with van der Waals surface area (Å²) >= 11 is 0. The Bertz CT molecular complexity index is 209. The van der Waals surface area contributed by atoms with E-state index in [1.54, 1.807) is 0 Å². The van der Waals surface area contributed by atoms with Crippen molar-refractivity contribution in [3.8, 4) is 0 Å². The van der Waals surface area contributed by atoms with E-state index in [0.29, 0.717) is 19.3 Å². The minimum Gasteiger partial charge on any atom is -0.550 e. The van der Waals surface area contributed by atoms with Gasteiger partial charge in [-0.1, -0.05) is 13.3 Å². The minimum atomic E-state index is -1.17. The average Bonchev–Trinajstić information content (AvgIpc) is 2.23. The fraction of sp³-hybridized carbons (Fsp3) is 0.833. The number of hydrogen-bond donors (Lipinski definition) is 4. The average molecular weight is 296 g/mol. The maximum absolute atomic E-state index is 9.77. The number of carbonyl (C=O) groups excluding carboxylic acids is 2. The van der Waals surface area contributed by atoms with Crippen molar-refractivity contribution in [2.45, 2.75) is 65.0 Å². The number of rotatable bonds is 7. The van der Waals surface area contributed by atoms with E-state index in [-0.39, 0.29) is 12.8 Å². The number of carboxylic acid groups (broad SMARTS) is 2. The fourth-order valence-electron chi connectivity index (χ4n) is 0.797. The van der Waals surface area contributed by atoms with Gasteiger partial charge in [-0.15, -0.1) is 0 Å². The zero-order chi connectivity index (χ0) is 16.6. The van der Waals surface area contributed by atoms with E-state index in [2.05, 4.69) is 0 Å². The van der Waals surface area contributed by atoms with Crippen LogP contribution in [0, 0.1) is 0 Å². The Balaban J connectivity index is -0.000000246. The molecule has 0 heterocycles. The Morgan fingerprint density at radius 2 is 1.25 bits per heavy atom. The summed E-state index contributed by atoms with van der Waals surface area (Å²) in [5, 5.41) is 51.0. The highest BCUT2D eigenvalue weighted by molar-refractivity contribution is 5.65. The van der Waals surface area contributed by atoms with Crippen molar-refractivity contribution in [1.29, 1.82) is 0 Å². The third-order valence-electron chi connectivity index (χ3n) is 1.56. The zero-order valence-corrected chi connectivity index (χ0v) is 11.8. The molecule has 122 valence electrons. The van der Waals surface area contributed by atoms with Gasteiger partial charge < -0.3 is 40.2 Å². The van der Waals surface area contributed by atoms with E-state index >= 15 is 0 Å². The SMILES string of the molecule is CC(O)O.CCCC(O)O.O=C([O-])CCCCC(=O)[O-]. The normalized spacial score (nSPS) is 9.40. The van der Waals surface area contributed by atoms with Gasteiger partial charge in [-0.05, 0) is 39.0 Å². The number of hydrogen-bond acceptors (Lipinski definition) is 8. The number of carbonyl (C=O) groups is 2. The maximum atomic E-state index is 9.77. The number of aliphatic carboxylic acids is 2. The van der Waals surface area contributed by atoms with Crippen LogP contribution >= 0.6 is 0 Å². The van der Waals surface area contributed by atoms with Crippen LogP contribution in [0.2, 0.25) is 0 Å². The molecule has 4 N–H and O–H groups in total. The van der Waals surface area contributed by atoms with Crippen LogP contribution in [0.15, 0.2) is 0 Å². The molecule has 0 saturated carbocycles. The molecule has 0 radical (unpaired) electrons. The molecule has 0 fully saturated rings. The van der Waals surface area contributed by atoms with Crippen LogP contribution in [0.25, 0.3) is 0 Å². The Labute approximate surface area is 118 Å². The summed E-state index contributed by atoms with van der Waals surface area (Å²) in [6.45, 7) is 3.18. The van der Waals surface area contributed by atoms with E-state index in [1.165, 1.54) is 6.92 Å². The Morgan fingerprint density at radius 3 is 1.35 bits per heavy atom. The van der Waals surface area contributed by atoms with Crippen molar-refractivity contribution in [3.63, 3.8) is 0 Å². The van der Waals surface area contributed by atoms with E-state index in [9.17, 15) is 19.8 Å². The Morgan fingerprint density at radius 1 is 0.950 bits per heavy atom. The first-order chi connectivity index (χ1) is 9.13. The molecular weight excluding hydrogens is 272 g/mol. The molecule has 8 heteroatoms. The van der Waals surface area contributed by atoms with E-state index in [0.717, 1.165) is 6.42 Å². The number of unbranched alkanes of at least 4 members (excludes halogenated alkanes) is 1. The van der Waals surface area contributed by atoms with E-state index in [1.807, 2.05) is 6.92 Å². The molecule has 0 unspecified atom stereocenters. The molecule has 0 rings (SSSR count). The van der Waals surface area contributed by atoms with Crippen molar-refractivity contribution in [2.24, 2.45) is 0 Å². The highest BCUT2D eigenvalue weighted by atomic mass is 16.5. The van der Waals surface area contributed by atoms with Crippen molar-refractivity contribution >= 4 is 11.9 Å². The molecule has 0 aliphatic carbocycles. The lowest BCUT2D eigenvalue weighted by molar-refractivity contribution is -0.308. The van der Waals surface area contributed by atoms with Gasteiger partial charge in [0, 0.05) is 11.9 Å². The second-order valence-corrected chi connectivity index (χ2v) is 3.85. The van der Waals surface area contributed by atoms with Gasteiger partial charge in [0.05, 0.1) is 0 Å². The van der Waals surface area contributed by atoms with Crippen LogP contribution in [-0.4, -0.2) is 44.9 Å². The molecule has 8 nitrogen and oxygen atoms in total. The molecule has 0 saturated heterocycles. The smallest absolute Gasteiger partial charge is 0.151 e. The molecule has 0 aliphatic heterocycles. The molecule has 20 heavy (non-hydrogen) atoms. The highest BCUT2D eigenvalue weighted by Gasteiger charge is 1.89. The lowest BCUT2D eigenvalue weighted by atomic mass is 10.2. The third kappa shape index (κ3) is 54.2. The van der Waals surface area contributed by atoms with Gasteiger partial charge in [-0.25, -0.2) is 0 Å². The standard InChI is InChI=1S/C6H10O4.C4H10O2.C2H6O2/c7-5(8)3-1-2-4-6(9)10;1-2-3-4(5)6;1-2(3)4/h1-4H2,(H,7,8)(H,9,10);4-6H,2-3H2,1H3;2-4H,1H3/p-2. The van der Waals surface area contributed by atoms with Crippen LogP contribution in [-0.2, 0) is 9.59 Å². The van der Waals surface area contributed by atoms with Crippen molar-refractivity contribution < 1.29 is 40.2 Å². The van der Waals surface area contributed by atoms with E-state index in [4.69, 9.17) is 20.4 Å². The monoisotopic (exact) mass is 296 g/mol. The van der Waals surface area contributed by atoms with Gasteiger partial charge in [-0.3, -0.25) is 0 Å². The third-order valence-corrected chi connectivity index (χ3v) is 1.56. The molecule has 0 aliphatic rings. The zero-order valence-electron chi connectivity index (χ0n) is 11.8.